The van der Waals surface area contributed by atoms with Gasteiger partial charge in [-0.2, -0.15) is 11.8 Å². The lowest BCUT2D eigenvalue weighted by Crippen LogP contribution is -2.41. The van der Waals surface area contributed by atoms with Gasteiger partial charge >= 0.3 is 0 Å². The van der Waals surface area contributed by atoms with Crippen molar-refractivity contribution in [3.05, 3.63) is 0 Å². The fourth-order valence-corrected chi connectivity index (χ4v) is 3.94. The van der Waals surface area contributed by atoms with Gasteiger partial charge in [0.25, 0.3) is 0 Å². The molecule has 0 aromatic carbocycles. The molecule has 1 saturated carbocycles. The lowest BCUT2D eigenvalue weighted by atomic mass is 9.84. The van der Waals surface area contributed by atoms with Crippen LogP contribution in [-0.2, 0) is 4.79 Å². The summed E-state index contributed by atoms with van der Waals surface area (Å²) in [5, 5.41) is 3.94. The second-order valence-electron chi connectivity index (χ2n) is 6.79. The van der Waals surface area contributed by atoms with E-state index in [0.29, 0.717) is 12.6 Å². The summed E-state index contributed by atoms with van der Waals surface area (Å²) in [6.45, 7) is 9.12. The van der Waals surface area contributed by atoms with Gasteiger partial charge in [0.05, 0.1) is 5.92 Å². The number of hydrogen-bond donors (Lipinski definition) is 2. The number of nitrogens with one attached hydrogen (secondary N) is 1. The number of hydrogen-bond acceptors (Lipinski definition) is 3. The monoisotopic (exact) mass is 286 g/mol. The SMILES string of the molecule is CCSC1CCC(NC(=O)C(CN)CC(C)(C)C)C1. The fourth-order valence-electron chi connectivity index (χ4n) is 2.80. The van der Waals surface area contributed by atoms with Crippen molar-refractivity contribution in [1.82, 2.24) is 5.32 Å². The molecule has 0 spiro atoms. The van der Waals surface area contributed by atoms with Crippen LogP contribution in [-0.4, -0.2) is 29.5 Å². The van der Waals surface area contributed by atoms with Gasteiger partial charge in [0.1, 0.15) is 0 Å². The summed E-state index contributed by atoms with van der Waals surface area (Å²) >= 11 is 2.02. The third-order valence-electron chi connectivity index (χ3n) is 3.65. The Balaban J connectivity index is 2.41. The van der Waals surface area contributed by atoms with Crippen LogP contribution in [0.5, 0.6) is 0 Å². The summed E-state index contributed by atoms with van der Waals surface area (Å²) < 4.78 is 0. The molecule has 0 radical (unpaired) electrons. The predicted octanol–water partition coefficient (Wildman–Crippen LogP) is 2.79. The van der Waals surface area contributed by atoms with Crippen molar-refractivity contribution in [2.24, 2.45) is 17.1 Å². The molecule has 19 heavy (non-hydrogen) atoms. The highest BCUT2D eigenvalue weighted by Crippen LogP contribution is 2.30. The summed E-state index contributed by atoms with van der Waals surface area (Å²) in [6.07, 6.45) is 4.33. The maximum Gasteiger partial charge on any atom is 0.224 e. The number of carbonyl (C=O) groups excluding carboxylic acids is 1. The Kier molecular flexibility index (Phi) is 6.67. The van der Waals surface area contributed by atoms with E-state index >= 15 is 0 Å². The summed E-state index contributed by atoms with van der Waals surface area (Å²) in [7, 11) is 0. The summed E-state index contributed by atoms with van der Waals surface area (Å²) in [4.78, 5) is 12.3. The Morgan fingerprint density at radius 1 is 1.42 bits per heavy atom. The highest BCUT2D eigenvalue weighted by atomic mass is 32.2. The van der Waals surface area contributed by atoms with E-state index in [4.69, 9.17) is 5.73 Å². The maximum absolute atomic E-state index is 12.3. The highest BCUT2D eigenvalue weighted by Gasteiger charge is 2.29. The molecule has 112 valence electrons. The molecule has 1 amide bonds. The molecule has 0 saturated heterocycles. The molecule has 1 aliphatic carbocycles. The molecule has 4 heteroatoms. The van der Waals surface area contributed by atoms with E-state index in [1.165, 1.54) is 12.2 Å². The third kappa shape index (κ3) is 6.17. The smallest absolute Gasteiger partial charge is 0.224 e. The van der Waals surface area contributed by atoms with Crippen LogP contribution in [0, 0.1) is 11.3 Å². The van der Waals surface area contributed by atoms with Gasteiger partial charge in [-0.05, 0) is 36.9 Å². The molecule has 0 aromatic heterocycles. The first-order valence-electron chi connectivity index (χ1n) is 7.47. The first-order valence-corrected chi connectivity index (χ1v) is 8.52. The normalized spacial score (nSPS) is 25.3. The maximum atomic E-state index is 12.3. The molecule has 0 heterocycles. The summed E-state index contributed by atoms with van der Waals surface area (Å²) in [6, 6.07) is 0.366. The zero-order valence-electron chi connectivity index (χ0n) is 12.9. The molecular formula is C15H30N2OS. The van der Waals surface area contributed by atoms with Crippen LogP contribution >= 0.6 is 11.8 Å². The molecule has 1 fully saturated rings. The van der Waals surface area contributed by atoms with Crippen molar-refractivity contribution in [3.63, 3.8) is 0 Å². The van der Waals surface area contributed by atoms with Gasteiger partial charge in [0, 0.05) is 17.8 Å². The lowest BCUT2D eigenvalue weighted by molar-refractivity contribution is -0.126. The minimum Gasteiger partial charge on any atom is -0.353 e. The molecule has 1 aliphatic rings. The number of carbonyl (C=O) groups is 1. The lowest BCUT2D eigenvalue weighted by Gasteiger charge is -2.25. The minimum atomic E-state index is -0.0436. The second kappa shape index (κ2) is 7.53. The first-order chi connectivity index (χ1) is 8.85. The van der Waals surface area contributed by atoms with Crippen LogP contribution in [0.4, 0.5) is 0 Å². The predicted molar refractivity (Wildman–Crippen MR) is 84.3 cm³/mol. The van der Waals surface area contributed by atoms with Crippen LogP contribution < -0.4 is 11.1 Å². The fraction of sp³-hybridized carbons (Fsp3) is 0.933. The van der Waals surface area contributed by atoms with Crippen LogP contribution in [0.2, 0.25) is 0 Å². The second-order valence-corrected chi connectivity index (χ2v) is 8.37. The van der Waals surface area contributed by atoms with Crippen molar-refractivity contribution in [2.75, 3.05) is 12.3 Å². The van der Waals surface area contributed by atoms with Crippen LogP contribution in [0.1, 0.15) is 53.4 Å². The molecule has 3 nitrogen and oxygen atoms in total. The molecular weight excluding hydrogens is 256 g/mol. The van der Waals surface area contributed by atoms with E-state index in [1.807, 2.05) is 11.8 Å². The highest BCUT2D eigenvalue weighted by molar-refractivity contribution is 7.99. The van der Waals surface area contributed by atoms with Crippen LogP contribution in [0.15, 0.2) is 0 Å². The van der Waals surface area contributed by atoms with Gasteiger partial charge in [-0.3, -0.25) is 4.79 Å². The number of thioether (sulfide) groups is 1. The number of amides is 1. The van der Waals surface area contributed by atoms with Crippen molar-refractivity contribution < 1.29 is 4.79 Å². The quantitative estimate of drug-likeness (QED) is 0.789. The standard InChI is InChI=1S/C15H30N2OS/c1-5-19-13-7-6-12(8-13)17-14(18)11(10-16)9-15(2,3)4/h11-13H,5-10,16H2,1-4H3,(H,17,18). The van der Waals surface area contributed by atoms with E-state index in [1.54, 1.807) is 0 Å². The summed E-state index contributed by atoms with van der Waals surface area (Å²) in [5.74, 6) is 1.28. The molecule has 3 unspecified atom stereocenters. The Morgan fingerprint density at radius 2 is 2.11 bits per heavy atom. The van der Waals surface area contributed by atoms with Gasteiger partial charge < -0.3 is 11.1 Å². The van der Waals surface area contributed by atoms with Crippen LogP contribution in [0.25, 0.3) is 0 Å². The van der Waals surface area contributed by atoms with E-state index in [2.05, 4.69) is 33.0 Å². The van der Waals surface area contributed by atoms with Crippen LogP contribution in [0.3, 0.4) is 0 Å². The zero-order chi connectivity index (χ0) is 14.5. The number of nitrogens with two attached hydrogens (primary N) is 1. The Hall–Kier alpha value is -0.220. The average Bonchev–Trinajstić information content (AvgIpc) is 2.72. The molecule has 0 aromatic rings. The summed E-state index contributed by atoms with van der Waals surface area (Å²) in [5.41, 5.74) is 5.92. The largest absolute Gasteiger partial charge is 0.353 e. The Morgan fingerprint density at radius 3 is 2.63 bits per heavy atom. The van der Waals surface area contributed by atoms with Gasteiger partial charge in [-0.15, -0.1) is 0 Å². The minimum absolute atomic E-state index is 0.0436. The topological polar surface area (TPSA) is 55.1 Å². The van der Waals surface area contributed by atoms with Crippen molar-refractivity contribution in [1.29, 1.82) is 0 Å². The van der Waals surface area contributed by atoms with Gasteiger partial charge in [-0.1, -0.05) is 27.7 Å². The molecule has 0 aliphatic heterocycles. The van der Waals surface area contributed by atoms with Gasteiger partial charge in [0.15, 0.2) is 0 Å². The molecule has 3 N–H and O–H groups in total. The third-order valence-corrected chi connectivity index (χ3v) is 4.88. The van der Waals surface area contributed by atoms with Crippen molar-refractivity contribution in [3.8, 4) is 0 Å². The first kappa shape index (κ1) is 16.8. The zero-order valence-corrected chi connectivity index (χ0v) is 13.7. The molecule has 1 rings (SSSR count). The van der Waals surface area contributed by atoms with E-state index < -0.39 is 0 Å². The van der Waals surface area contributed by atoms with E-state index in [9.17, 15) is 4.79 Å². The van der Waals surface area contributed by atoms with Crippen molar-refractivity contribution in [2.45, 2.75) is 64.7 Å². The average molecular weight is 286 g/mol. The van der Waals surface area contributed by atoms with Crippen molar-refractivity contribution >= 4 is 17.7 Å². The van der Waals surface area contributed by atoms with E-state index in [-0.39, 0.29) is 17.2 Å². The van der Waals surface area contributed by atoms with Gasteiger partial charge in [0.2, 0.25) is 5.91 Å². The Bertz CT molecular complexity index is 288. The number of rotatable bonds is 6. The van der Waals surface area contributed by atoms with Gasteiger partial charge in [-0.25, -0.2) is 0 Å². The molecule has 0 bridgehead atoms. The van der Waals surface area contributed by atoms with E-state index in [0.717, 1.165) is 24.5 Å². The Labute approximate surface area is 122 Å². The molecule has 3 atom stereocenters.